The zero-order valence-corrected chi connectivity index (χ0v) is 12.7. The first-order valence-electron chi connectivity index (χ1n) is 7.04. The van der Waals surface area contributed by atoms with Gasteiger partial charge in [-0.3, -0.25) is 4.99 Å². The number of anilines is 1. The second-order valence-corrected chi connectivity index (χ2v) is 5.18. The summed E-state index contributed by atoms with van der Waals surface area (Å²) in [5, 5.41) is 2.98. The number of hydrogen-bond acceptors (Lipinski definition) is 1. The monoisotopic (exact) mass is 303 g/mol. The Bertz CT molecular complexity index is 696. The number of aryl methyl sites for hydroxylation is 2. The van der Waals surface area contributed by atoms with Gasteiger partial charge in [0.05, 0.1) is 0 Å². The summed E-state index contributed by atoms with van der Waals surface area (Å²) in [6, 6.07) is 9.27. The normalized spacial score (nSPS) is 11.5. The van der Waals surface area contributed by atoms with Crippen LogP contribution in [0, 0.1) is 25.5 Å². The molecule has 0 aliphatic heterocycles. The number of benzene rings is 2. The van der Waals surface area contributed by atoms with E-state index in [9.17, 15) is 8.78 Å². The maximum atomic E-state index is 13.5. The first-order valence-corrected chi connectivity index (χ1v) is 7.04. The minimum absolute atomic E-state index is 0.250. The molecule has 0 amide bonds. The van der Waals surface area contributed by atoms with Crippen molar-refractivity contribution < 1.29 is 8.78 Å². The molecule has 3 N–H and O–H groups in total. The Morgan fingerprint density at radius 3 is 2.59 bits per heavy atom. The molecule has 2 rings (SSSR count). The van der Waals surface area contributed by atoms with Crippen LogP contribution >= 0.6 is 0 Å². The first-order chi connectivity index (χ1) is 10.5. The molecule has 0 saturated carbocycles. The molecule has 2 aromatic rings. The predicted octanol–water partition coefficient (Wildman–Crippen LogP) is 3.55. The number of hydrogen-bond donors (Lipinski definition) is 2. The van der Waals surface area contributed by atoms with Crippen molar-refractivity contribution in [2.75, 3.05) is 11.9 Å². The Morgan fingerprint density at radius 1 is 1.09 bits per heavy atom. The van der Waals surface area contributed by atoms with Crippen LogP contribution in [0.4, 0.5) is 14.5 Å². The van der Waals surface area contributed by atoms with Crippen molar-refractivity contribution in [2.24, 2.45) is 10.7 Å². The van der Waals surface area contributed by atoms with Crippen LogP contribution in [-0.4, -0.2) is 12.5 Å². The van der Waals surface area contributed by atoms with E-state index >= 15 is 0 Å². The van der Waals surface area contributed by atoms with Crippen molar-refractivity contribution in [1.82, 2.24) is 0 Å². The molecule has 0 bridgehead atoms. The van der Waals surface area contributed by atoms with Crippen LogP contribution in [0.3, 0.4) is 0 Å². The third-order valence-corrected chi connectivity index (χ3v) is 3.45. The fourth-order valence-corrected chi connectivity index (χ4v) is 2.04. The number of nitrogens with one attached hydrogen (secondary N) is 1. The summed E-state index contributed by atoms with van der Waals surface area (Å²) in [4.78, 5) is 4.13. The number of halogens is 2. The maximum absolute atomic E-state index is 13.5. The lowest BCUT2D eigenvalue weighted by molar-refractivity contribution is 0.585. The number of guanidine groups is 1. The molecule has 3 nitrogen and oxygen atoms in total. The van der Waals surface area contributed by atoms with E-state index in [2.05, 4.69) is 10.3 Å². The molecule has 0 atom stereocenters. The molecule has 116 valence electrons. The standard InChI is InChI=1S/C17H19F2N3/c1-11-3-5-15(9-12(11)2)22-17(20)21-8-7-13-10-14(18)4-6-16(13)19/h3-6,9-10H,7-8H2,1-2H3,(H3,20,21,22). The third-order valence-electron chi connectivity index (χ3n) is 3.45. The first kappa shape index (κ1) is 15.9. The SMILES string of the molecule is Cc1ccc(NC(N)=NCCc2cc(F)ccc2F)cc1C. The van der Waals surface area contributed by atoms with Gasteiger partial charge >= 0.3 is 0 Å². The second kappa shape index (κ2) is 7.02. The van der Waals surface area contributed by atoms with Crippen LogP contribution in [-0.2, 0) is 6.42 Å². The number of nitrogens with zero attached hydrogens (tertiary/aromatic N) is 1. The van der Waals surface area contributed by atoms with Gasteiger partial charge in [0.15, 0.2) is 5.96 Å². The van der Waals surface area contributed by atoms with Crippen molar-refractivity contribution >= 4 is 11.6 Å². The highest BCUT2D eigenvalue weighted by Crippen LogP contribution is 2.14. The topological polar surface area (TPSA) is 50.4 Å². The van der Waals surface area contributed by atoms with Gasteiger partial charge in [0, 0.05) is 12.2 Å². The van der Waals surface area contributed by atoms with Crippen LogP contribution in [0.25, 0.3) is 0 Å². The van der Waals surface area contributed by atoms with Crippen LogP contribution < -0.4 is 11.1 Å². The van der Waals surface area contributed by atoms with Crippen molar-refractivity contribution in [3.8, 4) is 0 Å². The zero-order valence-electron chi connectivity index (χ0n) is 12.7. The summed E-state index contributed by atoms with van der Waals surface area (Å²) < 4.78 is 26.5. The van der Waals surface area contributed by atoms with Crippen LogP contribution in [0.1, 0.15) is 16.7 Å². The van der Waals surface area contributed by atoms with Gasteiger partial charge < -0.3 is 11.1 Å². The largest absolute Gasteiger partial charge is 0.370 e. The van der Waals surface area contributed by atoms with Crippen LogP contribution in [0.15, 0.2) is 41.4 Å². The molecule has 0 spiro atoms. The maximum Gasteiger partial charge on any atom is 0.193 e. The van der Waals surface area contributed by atoms with E-state index in [4.69, 9.17) is 5.73 Å². The Morgan fingerprint density at radius 2 is 1.86 bits per heavy atom. The number of rotatable bonds is 4. The number of nitrogens with two attached hydrogens (primary N) is 1. The van der Waals surface area contributed by atoms with E-state index in [1.54, 1.807) is 0 Å². The van der Waals surface area contributed by atoms with Crippen LogP contribution in [0.5, 0.6) is 0 Å². The van der Waals surface area contributed by atoms with Gasteiger partial charge in [-0.15, -0.1) is 0 Å². The van der Waals surface area contributed by atoms with Crippen molar-refractivity contribution in [1.29, 1.82) is 0 Å². The molecular formula is C17H19F2N3. The highest BCUT2D eigenvalue weighted by molar-refractivity contribution is 5.92. The fraction of sp³-hybridized carbons (Fsp3) is 0.235. The Hall–Kier alpha value is -2.43. The Kier molecular flexibility index (Phi) is 5.09. The van der Waals surface area contributed by atoms with Crippen molar-refractivity contribution in [2.45, 2.75) is 20.3 Å². The lowest BCUT2D eigenvalue weighted by atomic mass is 10.1. The lowest BCUT2D eigenvalue weighted by Crippen LogP contribution is -2.23. The molecule has 0 aliphatic carbocycles. The molecule has 0 heterocycles. The third kappa shape index (κ3) is 4.28. The lowest BCUT2D eigenvalue weighted by Gasteiger charge is -2.08. The smallest absolute Gasteiger partial charge is 0.193 e. The molecule has 0 radical (unpaired) electrons. The van der Waals surface area contributed by atoms with E-state index < -0.39 is 11.6 Å². The van der Waals surface area contributed by atoms with Gasteiger partial charge in [0.25, 0.3) is 0 Å². The van der Waals surface area contributed by atoms with E-state index in [-0.39, 0.29) is 12.5 Å². The van der Waals surface area contributed by atoms with Gasteiger partial charge in [0.2, 0.25) is 0 Å². The Balaban J connectivity index is 1.95. The summed E-state index contributed by atoms with van der Waals surface area (Å²) >= 11 is 0. The highest BCUT2D eigenvalue weighted by Gasteiger charge is 2.03. The summed E-state index contributed by atoms with van der Waals surface area (Å²) in [6.07, 6.45) is 0.291. The van der Waals surface area contributed by atoms with E-state index in [1.165, 1.54) is 11.6 Å². The summed E-state index contributed by atoms with van der Waals surface area (Å²) in [7, 11) is 0. The minimum Gasteiger partial charge on any atom is -0.370 e. The molecule has 2 aromatic carbocycles. The van der Waals surface area contributed by atoms with Gasteiger partial charge in [-0.25, -0.2) is 8.78 Å². The van der Waals surface area contributed by atoms with Gasteiger partial charge in [-0.2, -0.15) is 0 Å². The van der Waals surface area contributed by atoms with E-state index in [1.807, 2.05) is 32.0 Å². The summed E-state index contributed by atoms with van der Waals surface area (Å²) in [5.41, 5.74) is 9.29. The molecule has 0 fully saturated rings. The minimum atomic E-state index is -0.457. The average molecular weight is 303 g/mol. The summed E-state index contributed by atoms with van der Waals surface area (Å²) in [5.74, 6) is -0.640. The molecule has 0 aliphatic rings. The predicted molar refractivity (Wildman–Crippen MR) is 86.1 cm³/mol. The van der Waals surface area contributed by atoms with Gasteiger partial charge in [-0.05, 0) is 67.3 Å². The average Bonchev–Trinajstić information content (AvgIpc) is 2.46. The fourth-order valence-electron chi connectivity index (χ4n) is 2.04. The zero-order chi connectivity index (χ0) is 16.1. The molecule has 0 saturated heterocycles. The molecule has 5 heteroatoms. The van der Waals surface area contributed by atoms with Crippen LogP contribution in [0.2, 0.25) is 0 Å². The quantitative estimate of drug-likeness (QED) is 0.670. The molecule has 0 unspecified atom stereocenters. The van der Waals surface area contributed by atoms with Gasteiger partial charge in [-0.1, -0.05) is 6.07 Å². The molecular weight excluding hydrogens is 284 g/mol. The highest BCUT2D eigenvalue weighted by atomic mass is 19.1. The van der Waals surface area contributed by atoms with E-state index in [0.29, 0.717) is 12.0 Å². The van der Waals surface area contributed by atoms with Crippen molar-refractivity contribution in [3.63, 3.8) is 0 Å². The Labute approximate surface area is 128 Å². The number of aliphatic imine (C=N–C) groups is 1. The van der Waals surface area contributed by atoms with E-state index in [0.717, 1.165) is 23.4 Å². The van der Waals surface area contributed by atoms with Crippen molar-refractivity contribution in [3.05, 3.63) is 64.7 Å². The molecule has 22 heavy (non-hydrogen) atoms. The summed E-state index contributed by atoms with van der Waals surface area (Å²) in [6.45, 7) is 4.33. The molecule has 0 aromatic heterocycles. The second-order valence-electron chi connectivity index (χ2n) is 5.18. The van der Waals surface area contributed by atoms with Gasteiger partial charge in [0.1, 0.15) is 11.6 Å².